The van der Waals surface area contributed by atoms with E-state index in [0.717, 1.165) is 11.3 Å². The van der Waals surface area contributed by atoms with E-state index in [2.05, 4.69) is 57.5 Å². The molecule has 0 N–H and O–H groups in total. The maximum Gasteiger partial charge on any atom is 0.396 e. The zero-order valence-electron chi connectivity index (χ0n) is 16.1. The van der Waals surface area contributed by atoms with Crippen LogP contribution in [0, 0.1) is 24.0 Å². The van der Waals surface area contributed by atoms with E-state index < -0.39 is 4.92 Å². The molecule has 1 aromatic carbocycles. The molecule has 0 amide bonds. The second-order valence-electron chi connectivity index (χ2n) is 7.20. The SMILES string of the molecule is CC1=C(Oc2ccc([N+](=O)[O-])cc2)C(C)N2[B]n3c(C)cc(C)c3C(C)=C12. The van der Waals surface area contributed by atoms with Crippen LogP contribution in [0.4, 0.5) is 5.69 Å². The van der Waals surface area contributed by atoms with E-state index in [-0.39, 0.29) is 11.7 Å². The Labute approximate surface area is 159 Å². The fraction of sp³-hybridized carbons (Fsp3) is 0.300. The Morgan fingerprint density at radius 1 is 1.11 bits per heavy atom. The quantitative estimate of drug-likeness (QED) is 0.467. The van der Waals surface area contributed by atoms with Crippen molar-refractivity contribution in [2.45, 2.75) is 40.7 Å². The Bertz CT molecular complexity index is 1020. The van der Waals surface area contributed by atoms with Crippen molar-refractivity contribution >= 4 is 18.8 Å². The number of nitro benzene ring substituents is 1. The first-order chi connectivity index (χ1) is 12.8. The van der Waals surface area contributed by atoms with Crippen molar-refractivity contribution in [3.63, 3.8) is 0 Å². The van der Waals surface area contributed by atoms with Gasteiger partial charge in [0.05, 0.1) is 11.0 Å². The molecule has 27 heavy (non-hydrogen) atoms. The van der Waals surface area contributed by atoms with Gasteiger partial charge in [-0.2, -0.15) is 0 Å². The number of aromatic nitrogens is 1. The third kappa shape index (κ3) is 2.57. The lowest BCUT2D eigenvalue weighted by Crippen LogP contribution is -2.40. The first-order valence-electron chi connectivity index (χ1n) is 8.96. The fourth-order valence-corrected chi connectivity index (χ4v) is 4.18. The van der Waals surface area contributed by atoms with Crippen molar-refractivity contribution in [2.24, 2.45) is 0 Å². The molecule has 2 aromatic rings. The Hall–Kier alpha value is -2.96. The van der Waals surface area contributed by atoms with Gasteiger partial charge in [-0.3, -0.25) is 10.1 Å². The third-order valence-electron chi connectivity index (χ3n) is 5.43. The zero-order valence-corrected chi connectivity index (χ0v) is 16.1. The molecule has 1 atom stereocenters. The minimum Gasteiger partial charge on any atom is -0.459 e. The Balaban J connectivity index is 1.73. The summed E-state index contributed by atoms with van der Waals surface area (Å²) < 4.78 is 8.39. The number of nitro groups is 1. The topological polar surface area (TPSA) is 60.5 Å². The molecule has 1 aromatic heterocycles. The van der Waals surface area contributed by atoms with Crippen LogP contribution in [0.25, 0.3) is 5.57 Å². The fourth-order valence-electron chi connectivity index (χ4n) is 4.18. The summed E-state index contributed by atoms with van der Waals surface area (Å²) in [7, 11) is 2.14. The zero-order chi connectivity index (χ0) is 19.5. The normalized spacial score (nSPS) is 18.4. The summed E-state index contributed by atoms with van der Waals surface area (Å²) in [4.78, 5) is 12.7. The van der Waals surface area contributed by atoms with Crippen LogP contribution in [0.5, 0.6) is 5.75 Å². The number of hydrogen-bond donors (Lipinski definition) is 0. The summed E-state index contributed by atoms with van der Waals surface area (Å²) in [6, 6.07) is 8.47. The lowest BCUT2D eigenvalue weighted by molar-refractivity contribution is -0.384. The second kappa shape index (κ2) is 6.04. The van der Waals surface area contributed by atoms with Gasteiger partial charge in [-0.25, -0.2) is 0 Å². The first kappa shape index (κ1) is 17.5. The molecule has 0 saturated heterocycles. The van der Waals surface area contributed by atoms with Crippen molar-refractivity contribution in [3.8, 4) is 5.75 Å². The van der Waals surface area contributed by atoms with E-state index in [9.17, 15) is 10.1 Å². The van der Waals surface area contributed by atoms with Crippen molar-refractivity contribution < 1.29 is 9.66 Å². The highest BCUT2D eigenvalue weighted by atomic mass is 16.6. The van der Waals surface area contributed by atoms with Crippen molar-refractivity contribution in [2.75, 3.05) is 0 Å². The van der Waals surface area contributed by atoms with E-state index in [0.29, 0.717) is 5.75 Å². The Morgan fingerprint density at radius 3 is 2.41 bits per heavy atom. The number of hydrogen-bond acceptors (Lipinski definition) is 4. The summed E-state index contributed by atoms with van der Waals surface area (Å²) in [6.45, 7) is 10.6. The minimum absolute atomic E-state index is 0.0420. The molecular formula is C20H21BN3O3. The summed E-state index contributed by atoms with van der Waals surface area (Å²) in [6.07, 6.45) is 0. The minimum atomic E-state index is -0.408. The van der Waals surface area contributed by atoms with Gasteiger partial charge in [-0.05, 0) is 64.0 Å². The summed E-state index contributed by atoms with van der Waals surface area (Å²) in [5, 5.41) is 10.8. The highest BCUT2D eigenvalue weighted by Gasteiger charge is 2.39. The van der Waals surface area contributed by atoms with Gasteiger partial charge in [0, 0.05) is 34.8 Å². The van der Waals surface area contributed by atoms with Crippen molar-refractivity contribution in [1.82, 2.24) is 9.29 Å². The lowest BCUT2D eigenvalue weighted by Gasteiger charge is -2.33. The summed E-state index contributed by atoms with van der Waals surface area (Å²) in [5.74, 6) is 1.47. The van der Waals surface area contributed by atoms with Gasteiger partial charge in [-0.15, -0.1) is 0 Å². The van der Waals surface area contributed by atoms with Gasteiger partial charge in [0.1, 0.15) is 11.5 Å². The van der Waals surface area contributed by atoms with Gasteiger partial charge in [0.15, 0.2) is 0 Å². The maximum absolute atomic E-state index is 10.8. The van der Waals surface area contributed by atoms with Crippen LogP contribution in [0.1, 0.15) is 37.7 Å². The number of allylic oxidation sites excluding steroid dienone is 2. The summed E-state index contributed by atoms with van der Waals surface area (Å²) in [5.41, 5.74) is 7.26. The largest absolute Gasteiger partial charge is 0.459 e. The van der Waals surface area contributed by atoms with Gasteiger partial charge < -0.3 is 14.0 Å². The Kier molecular flexibility index (Phi) is 3.91. The molecule has 4 rings (SSSR count). The van der Waals surface area contributed by atoms with Gasteiger partial charge in [0.25, 0.3) is 5.69 Å². The van der Waals surface area contributed by atoms with Crippen LogP contribution in [-0.4, -0.2) is 27.8 Å². The maximum atomic E-state index is 10.8. The third-order valence-corrected chi connectivity index (χ3v) is 5.43. The first-order valence-corrected chi connectivity index (χ1v) is 8.96. The van der Waals surface area contributed by atoms with E-state index in [1.165, 1.54) is 40.4 Å². The molecule has 137 valence electrons. The Morgan fingerprint density at radius 2 is 1.78 bits per heavy atom. The van der Waals surface area contributed by atoms with Crippen LogP contribution < -0.4 is 4.74 Å². The van der Waals surface area contributed by atoms with Crippen molar-refractivity contribution in [1.29, 1.82) is 0 Å². The molecule has 0 fully saturated rings. The molecule has 7 heteroatoms. The van der Waals surface area contributed by atoms with E-state index in [4.69, 9.17) is 4.74 Å². The van der Waals surface area contributed by atoms with Crippen LogP contribution in [-0.2, 0) is 0 Å². The number of ether oxygens (including phenoxy) is 1. The molecule has 0 bridgehead atoms. The predicted molar refractivity (Wildman–Crippen MR) is 105 cm³/mol. The molecule has 0 saturated carbocycles. The number of aryl methyl sites for hydroxylation is 2. The molecule has 1 radical (unpaired) electrons. The van der Waals surface area contributed by atoms with Gasteiger partial charge >= 0.3 is 7.55 Å². The molecule has 2 aliphatic heterocycles. The standard InChI is InChI=1S/C20H21BN3O3/c1-11-10-12(2)22-18(11)13(3)19-14(4)20(15(5)23(19)21-22)27-17-8-6-16(7-9-17)24(25)26/h6-10,15H,1-5H3. The number of fused-ring (bicyclic) bond motifs is 2. The number of benzene rings is 1. The lowest BCUT2D eigenvalue weighted by atomic mass is 9.93. The molecule has 6 nitrogen and oxygen atoms in total. The molecule has 2 aliphatic rings. The van der Waals surface area contributed by atoms with Crippen LogP contribution in [0.15, 0.2) is 47.4 Å². The molecule has 3 heterocycles. The monoisotopic (exact) mass is 362 g/mol. The number of non-ortho nitro benzene ring substituents is 1. The second-order valence-corrected chi connectivity index (χ2v) is 7.20. The van der Waals surface area contributed by atoms with E-state index >= 15 is 0 Å². The van der Waals surface area contributed by atoms with Crippen LogP contribution >= 0.6 is 0 Å². The number of rotatable bonds is 3. The average molecular weight is 362 g/mol. The number of nitrogens with zero attached hydrogens (tertiary/aromatic N) is 3. The van der Waals surface area contributed by atoms with Gasteiger partial charge in [-0.1, -0.05) is 0 Å². The van der Waals surface area contributed by atoms with Crippen LogP contribution in [0.2, 0.25) is 0 Å². The predicted octanol–water partition coefficient (Wildman–Crippen LogP) is 4.20. The summed E-state index contributed by atoms with van der Waals surface area (Å²) >= 11 is 0. The molecule has 0 spiro atoms. The highest BCUT2D eigenvalue weighted by Crippen LogP contribution is 2.42. The van der Waals surface area contributed by atoms with Crippen LogP contribution in [0.3, 0.4) is 0 Å². The average Bonchev–Trinajstić information content (AvgIpc) is 3.04. The smallest absolute Gasteiger partial charge is 0.396 e. The van der Waals surface area contributed by atoms with E-state index in [1.54, 1.807) is 12.1 Å². The molecule has 1 unspecified atom stereocenters. The highest BCUT2D eigenvalue weighted by molar-refractivity contribution is 6.34. The van der Waals surface area contributed by atoms with E-state index in [1.807, 2.05) is 0 Å². The molecule has 0 aliphatic carbocycles. The molecular weight excluding hydrogens is 341 g/mol. The van der Waals surface area contributed by atoms with Crippen molar-refractivity contribution in [3.05, 3.63) is 74.4 Å². The van der Waals surface area contributed by atoms with Gasteiger partial charge in [0.2, 0.25) is 0 Å².